The van der Waals surface area contributed by atoms with Crippen LogP contribution in [-0.2, 0) is 9.59 Å². The van der Waals surface area contributed by atoms with E-state index in [-0.39, 0.29) is 11.3 Å². The van der Waals surface area contributed by atoms with Gasteiger partial charge in [-0.15, -0.1) is 0 Å². The summed E-state index contributed by atoms with van der Waals surface area (Å²) in [5.41, 5.74) is 2.35. The van der Waals surface area contributed by atoms with Crippen LogP contribution in [0.5, 0.6) is 11.5 Å². The van der Waals surface area contributed by atoms with E-state index < -0.39 is 11.8 Å². The van der Waals surface area contributed by atoms with Gasteiger partial charge in [0, 0.05) is 0 Å². The van der Waals surface area contributed by atoms with Crippen molar-refractivity contribution in [3.05, 3.63) is 89.6 Å². The fourth-order valence-electron chi connectivity index (χ4n) is 3.70. The van der Waals surface area contributed by atoms with E-state index in [2.05, 4.69) is 5.32 Å². The largest absolute Gasteiger partial charge is 0.494 e. The van der Waals surface area contributed by atoms with Crippen molar-refractivity contribution in [3.63, 3.8) is 0 Å². The smallest absolute Gasteiger partial charge is 0.282 e. The predicted octanol–water partition coefficient (Wildman–Crippen LogP) is 4.75. The lowest BCUT2D eigenvalue weighted by Crippen LogP contribution is -2.32. The summed E-state index contributed by atoms with van der Waals surface area (Å²) in [6.45, 7) is 4.74. The maximum Gasteiger partial charge on any atom is 0.282 e. The average molecular weight is 453 g/mol. The Bertz CT molecular complexity index is 1290. The molecule has 0 unspecified atom stereocenters. The molecule has 0 aromatic heterocycles. The normalized spacial score (nSPS) is 13.1. The first-order chi connectivity index (χ1) is 16.6. The highest BCUT2D eigenvalue weighted by atomic mass is 16.5. The van der Waals surface area contributed by atoms with Gasteiger partial charge in [-0.2, -0.15) is 5.26 Å². The van der Waals surface area contributed by atoms with Crippen LogP contribution in [-0.4, -0.2) is 25.0 Å². The Morgan fingerprint density at radius 1 is 0.853 bits per heavy atom. The van der Waals surface area contributed by atoms with E-state index in [1.54, 1.807) is 60.7 Å². The molecule has 0 radical (unpaired) electrons. The standard InChI is InChI=1S/C27H23N3O4/c1-3-33-21-15-11-19(12-16-21)24-25(29-22-7-5-6-8-23(22)34-4-2)27(32)30(26(24)31)20-13-9-18(17-28)10-14-20/h5-16,29H,3-4H2,1-2H3. The highest BCUT2D eigenvalue weighted by Gasteiger charge is 2.40. The molecule has 2 amide bonds. The zero-order valence-electron chi connectivity index (χ0n) is 18.9. The summed E-state index contributed by atoms with van der Waals surface area (Å²) in [4.78, 5) is 28.2. The summed E-state index contributed by atoms with van der Waals surface area (Å²) in [7, 11) is 0. The maximum absolute atomic E-state index is 13.6. The molecule has 0 spiro atoms. The zero-order chi connectivity index (χ0) is 24.1. The highest BCUT2D eigenvalue weighted by Crippen LogP contribution is 2.36. The molecule has 0 aliphatic carbocycles. The van der Waals surface area contributed by atoms with Crippen LogP contribution in [0.3, 0.4) is 0 Å². The van der Waals surface area contributed by atoms with E-state index in [0.29, 0.717) is 47.2 Å². The van der Waals surface area contributed by atoms with E-state index in [0.717, 1.165) is 4.90 Å². The topological polar surface area (TPSA) is 91.7 Å². The molecule has 0 saturated heterocycles. The van der Waals surface area contributed by atoms with Gasteiger partial charge in [-0.25, -0.2) is 4.90 Å². The zero-order valence-corrected chi connectivity index (χ0v) is 18.9. The molecular weight excluding hydrogens is 430 g/mol. The number of nitrogens with zero attached hydrogens (tertiary/aromatic N) is 2. The molecule has 1 N–H and O–H groups in total. The van der Waals surface area contributed by atoms with Crippen LogP contribution in [0.1, 0.15) is 25.0 Å². The number of nitriles is 1. The summed E-state index contributed by atoms with van der Waals surface area (Å²) in [5, 5.41) is 12.2. The molecule has 170 valence electrons. The van der Waals surface area contributed by atoms with Crippen molar-refractivity contribution in [2.45, 2.75) is 13.8 Å². The van der Waals surface area contributed by atoms with Gasteiger partial charge in [0.05, 0.1) is 41.8 Å². The number of nitrogens with one attached hydrogen (secondary N) is 1. The van der Waals surface area contributed by atoms with Gasteiger partial charge >= 0.3 is 0 Å². The maximum atomic E-state index is 13.6. The van der Waals surface area contributed by atoms with Crippen LogP contribution in [0, 0.1) is 11.3 Å². The minimum atomic E-state index is -0.495. The number of hydrogen-bond acceptors (Lipinski definition) is 6. The lowest BCUT2D eigenvalue weighted by atomic mass is 10.0. The molecule has 4 rings (SSSR count). The Labute approximate surface area is 197 Å². The van der Waals surface area contributed by atoms with Crippen molar-refractivity contribution in [2.75, 3.05) is 23.4 Å². The first kappa shape index (κ1) is 22.6. The number of ether oxygens (including phenoxy) is 2. The molecule has 0 saturated carbocycles. The lowest BCUT2D eigenvalue weighted by molar-refractivity contribution is -0.120. The third kappa shape index (κ3) is 4.34. The summed E-state index contributed by atoms with van der Waals surface area (Å²) in [6, 6.07) is 22.6. The summed E-state index contributed by atoms with van der Waals surface area (Å²) >= 11 is 0. The third-order valence-corrected chi connectivity index (χ3v) is 5.24. The molecular formula is C27H23N3O4. The number of rotatable bonds is 8. The number of imide groups is 1. The van der Waals surface area contributed by atoms with Crippen LogP contribution in [0.25, 0.3) is 5.57 Å². The molecule has 1 heterocycles. The molecule has 1 aliphatic rings. The Kier molecular flexibility index (Phi) is 6.60. The first-order valence-corrected chi connectivity index (χ1v) is 10.9. The van der Waals surface area contributed by atoms with Crippen molar-refractivity contribution in [1.82, 2.24) is 0 Å². The minimum absolute atomic E-state index is 0.144. The number of anilines is 2. The van der Waals surface area contributed by atoms with Gasteiger partial charge in [0.25, 0.3) is 11.8 Å². The second-order valence-electron chi connectivity index (χ2n) is 7.37. The Balaban J connectivity index is 1.79. The Hall–Kier alpha value is -4.57. The van der Waals surface area contributed by atoms with Crippen molar-refractivity contribution in [1.29, 1.82) is 5.26 Å². The van der Waals surface area contributed by atoms with Gasteiger partial charge in [-0.05, 0) is 67.9 Å². The Morgan fingerprint density at radius 3 is 2.18 bits per heavy atom. The molecule has 7 nitrogen and oxygen atoms in total. The predicted molar refractivity (Wildman–Crippen MR) is 129 cm³/mol. The van der Waals surface area contributed by atoms with E-state index in [1.807, 2.05) is 32.0 Å². The quantitative estimate of drug-likeness (QED) is 0.495. The molecule has 0 bridgehead atoms. The number of hydrogen-bond donors (Lipinski definition) is 1. The molecule has 1 aliphatic heterocycles. The number of carbonyl (C=O) groups is 2. The van der Waals surface area contributed by atoms with Crippen LogP contribution in [0.2, 0.25) is 0 Å². The Morgan fingerprint density at radius 2 is 1.53 bits per heavy atom. The summed E-state index contributed by atoms with van der Waals surface area (Å²) in [6.07, 6.45) is 0. The van der Waals surface area contributed by atoms with E-state index in [1.165, 1.54) is 0 Å². The molecule has 0 atom stereocenters. The van der Waals surface area contributed by atoms with Crippen molar-refractivity contribution in [2.24, 2.45) is 0 Å². The highest BCUT2D eigenvalue weighted by molar-refractivity contribution is 6.46. The second kappa shape index (κ2) is 9.92. The second-order valence-corrected chi connectivity index (χ2v) is 7.37. The van der Waals surface area contributed by atoms with Crippen molar-refractivity contribution in [3.8, 4) is 17.6 Å². The first-order valence-electron chi connectivity index (χ1n) is 10.9. The van der Waals surface area contributed by atoms with Crippen LogP contribution >= 0.6 is 0 Å². The van der Waals surface area contributed by atoms with Gasteiger partial charge in [-0.1, -0.05) is 24.3 Å². The minimum Gasteiger partial charge on any atom is -0.494 e. The molecule has 7 heteroatoms. The average Bonchev–Trinajstić information content (AvgIpc) is 3.10. The summed E-state index contributed by atoms with van der Waals surface area (Å²) in [5.74, 6) is 0.282. The number of carbonyl (C=O) groups excluding carboxylic acids is 2. The SMILES string of the molecule is CCOc1ccc(C2=C(Nc3ccccc3OCC)C(=O)N(c3ccc(C#N)cc3)C2=O)cc1. The van der Waals surface area contributed by atoms with E-state index in [4.69, 9.17) is 14.7 Å². The number of benzene rings is 3. The van der Waals surface area contributed by atoms with E-state index >= 15 is 0 Å². The van der Waals surface area contributed by atoms with Gasteiger partial charge in [0.15, 0.2) is 0 Å². The van der Waals surface area contributed by atoms with Crippen LogP contribution < -0.4 is 19.7 Å². The molecule has 3 aromatic carbocycles. The molecule has 0 fully saturated rings. The molecule has 34 heavy (non-hydrogen) atoms. The molecule has 3 aromatic rings. The van der Waals surface area contributed by atoms with Gasteiger partial charge in [0.2, 0.25) is 0 Å². The monoisotopic (exact) mass is 453 g/mol. The van der Waals surface area contributed by atoms with Crippen LogP contribution in [0.4, 0.5) is 11.4 Å². The van der Waals surface area contributed by atoms with E-state index in [9.17, 15) is 9.59 Å². The van der Waals surface area contributed by atoms with Crippen molar-refractivity contribution < 1.29 is 19.1 Å². The number of amides is 2. The fraction of sp³-hybridized carbons (Fsp3) is 0.148. The number of para-hydroxylation sites is 2. The third-order valence-electron chi connectivity index (χ3n) is 5.24. The van der Waals surface area contributed by atoms with Crippen molar-refractivity contribution >= 4 is 28.8 Å². The van der Waals surface area contributed by atoms with Gasteiger partial charge in [0.1, 0.15) is 17.2 Å². The van der Waals surface area contributed by atoms with Gasteiger partial charge in [-0.3, -0.25) is 9.59 Å². The van der Waals surface area contributed by atoms with Crippen LogP contribution in [0.15, 0.2) is 78.5 Å². The fourth-order valence-corrected chi connectivity index (χ4v) is 3.70. The van der Waals surface area contributed by atoms with Gasteiger partial charge < -0.3 is 14.8 Å². The summed E-state index contributed by atoms with van der Waals surface area (Å²) < 4.78 is 11.2. The lowest BCUT2D eigenvalue weighted by Gasteiger charge is -2.16.